The van der Waals surface area contributed by atoms with Crippen LogP contribution in [-0.4, -0.2) is 46.7 Å². The number of amides is 3. The maximum absolute atomic E-state index is 11.6. The van der Waals surface area contributed by atoms with Crippen molar-refractivity contribution >= 4 is 29.5 Å². The van der Waals surface area contributed by atoms with Crippen LogP contribution in [-0.2, 0) is 14.4 Å². The first-order valence-electron chi connectivity index (χ1n) is 4.64. The molecule has 1 atom stereocenters. The average molecular weight is 241 g/mol. The Morgan fingerprint density at radius 1 is 1.69 bits per heavy atom. The number of hydrogen-bond donors (Lipinski definition) is 1. The van der Waals surface area contributed by atoms with Crippen molar-refractivity contribution in [2.75, 3.05) is 18.1 Å². The van der Waals surface area contributed by atoms with Crippen LogP contribution in [0.15, 0.2) is 0 Å². The molecule has 1 unspecified atom stereocenters. The van der Waals surface area contributed by atoms with E-state index < -0.39 is 17.9 Å². The van der Waals surface area contributed by atoms with Gasteiger partial charge in [-0.25, -0.2) is 0 Å². The van der Waals surface area contributed by atoms with E-state index in [1.807, 2.05) is 6.07 Å². The van der Waals surface area contributed by atoms with E-state index in [1.54, 1.807) is 6.92 Å². The van der Waals surface area contributed by atoms with Crippen LogP contribution in [0, 0.1) is 11.3 Å². The summed E-state index contributed by atoms with van der Waals surface area (Å²) < 4.78 is 0. The Hall–Kier alpha value is -1.55. The molecule has 0 aromatic carbocycles. The van der Waals surface area contributed by atoms with Crippen molar-refractivity contribution in [3.05, 3.63) is 0 Å². The van der Waals surface area contributed by atoms with Crippen molar-refractivity contribution in [2.45, 2.75) is 13.0 Å². The number of thioether (sulfide) groups is 1. The standard InChI is InChI=1S/C9H11N3O3S/c1-6-9(15)11-7(13)4-12(6)8(14)5-16-3-2-10/h6H,3-5H2,1H3,(H,11,13,15). The summed E-state index contributed by atoms with van der Waals surface area (Å²) in [7, 11) is 0. The van der Waals surface area contributed by atoms with Crippen LogP contribution >= 0.6 is 11.8 Å². The minimum atomic E-state index is -0.632. The summed E-state index contributed by atoms with van der Waals surface area (Å²) in [5, 5.41) is 10.5. The first kappa shape index (κ1) is 12.5. The van der Waals surface area contributed by atoms with Gasteiger partial charge in [0.15, 0.2) is 0 Å². The van der Waals surface area contributed by atoms with Crippen LogP contribution in [0.4, 0.5) is 0 Å². The van der Waals surface area contributed by atoms with Crippen LogP contribution in [0.25, 0.3) is 0 Å². The molecule has 1 rings (SSSR count). The lowest BCUT2D eigenvalue weighted by Gasteiger charge is -2.31. The molecule has 0 aliphatic carbocycles. The molecule has 3 amide bonds. The lowest BCUT2D eigenvalue weighted by atomic mass is 10.2. The van der Waals surface area contributed by atoms with Crippen LogP contribution in [0.2, 0.25) is 0 Å². The molecule has 0 aromatic rings. The predicted molar refractivity (Wildman–Crippen MR) is 57.3 cm³/mol. The summed E-state index contributed by atoms with van der Waals surface area (Å²) in [5.41, 5.74) is 0. The van der Waals surface area contributed by atoms with Gasteiger partial charge in [0.25, 0.3) is 0 Å². The minimum absolute atomic E-state index is 0.0984. The fourth-order valence-electron chi connectivity index (χ4n) is 1.29. The summed E-state index contributed by atoms with van der Waals surface area (Å²) >= 11 is 1.16. The third kappa shape index (κ3) is 2.97. The number of hydrogen-bond acceptors (Lipinski definition) is 5. The largest absolute Gasteiger partial charge is 0.321 e. The van der Waals surface area contributed by atoms with Crippen molar-refractivity contribution < 1.29 is 14.4 Å². The molecule has 0 bridgehead atoms. The third-order valence-electron chi connectivity index (χ3n) is 2.14. The highest BCUT2D eigenvalue weighted by atomic mass is 32.2. The lowest BCUT2D eigenvalue weighted by Crippen LogP contribution is -2.59. The highest BCUT2D eigenvalue weighted by molar-refractivity contribution is 8.00. The Labute approximate surface area is 97.0 Å². The van der Waals surface area contributed by atoms with E-state index in [9.17, 15) is 14.4 Å². The van der Waals surface area contributed by atoms with Crippen molar-refractivity contribution in [2.24, 2.45) is 0 Å². The van der Waals surface area contributed by atoms with Crippen LogP contribution in [0.5, 0.6) is 0 Å². The van der Waals surface area contributed by atoms with E-state index in [1.165, 1.54) is 4.90 Å². The molecule has 0 radical (unpaired) electrons. The quantitative estimate of drug-likeness (QED) is 0.511. The number of carbonyl (C=O) groups is 3. The first-order valence-corrected chi connectivity index (χ1v) is 5.79. The van der Waals surface area contributed by atoms with Crippen molar-refractivity contribution in [1.29, 1.82) is 5.26 Å². The van der Waals surface area contributed by atoms with E-state index >= 15 is 0 Å². The maximum Gasteiger partial charge on any atom is 0.249 e. The SMILES string of the molecule is CC1C(=O)NC(=O)CN1C(=O)CSCC#N. The molecule has 1 fully saturated rings. The highest BCUT2D eigenvalue weighted by Crippen LogP contribution is 2.08. The Bertz CT molecular complexity index is 364. The number of carbonyl (C=O) groups excluding carboxylic acids is 3. The van der Waals surface area contributed by atoms with Gasteiger partial charge in [-0.15, -0.1) is 11.8 Å². The maximum atomic E-state index is 11.6. The van der Waals surface area contributed by atoms with Crippen molar-refractivity contribution in [3.63, 3.8) is 0 Å². The van der Waals surface area contributed by atoms with E-state index in [-0.39, 0.29) is 24.0 Å². The fourth-order valence-corrected chi connectivity index (χ4v) is 1.82. The molecule has 1 heterocycles. The van der Waals surface area contributed by atoms with Crippen molar-refractivity contribution in [3.8, 4) is 6.07 Å². The zero-order valence-electron chi connectivity index (χ0n) is 8.73. The van der Waals surface area contributed by atoms with Gasteiger partial charge in [0, 0.05) is 0 Å². The topological polar surface area (TPSA) is 90.3 Å². The molecule has 16 heavy (non-hydrogen) atoms. The second kappa shape index (κ2) is 5.51. The molecule has 7 heteroatoms. The number of nitriles is 1. The molecule has 1 aliphatic heterocycles. The molecule has 1 N–H and O–H groups in total. The molecule has 6 nitrogen and oxygen atoms in total. The van der Waals surface area contributed by atoms with Gasteiger partial charge in [0.2, 0.25) is 17.7 Å². The highest BCUT2D eigenvalue weighted by Gasteiger charge is 2.32. The predicted octanol–water partition coefficient (Wildman–Crippen LogP) is -0.883. The molecule has 0 spiro atoms. The Kier molecular flexibility index (Phi) is 4.31. The van der Waals surface area contributed by atoms with Crippen LogP contribution < -0.4 is 5.32 Å². The van der Waals surface area contributed by atoms with Crippen LogP contribution in [0.3, 0.4) is 0 Å². The van der Waals surface area contributed by atoms with E-state index in [0.29, 0.717) is 0 Å². The normalized spacial score (nSPS) is 20.2. The van der Waals surface area contributed by atoms with Gasteiger partial charge >= 0.3 is 0 Å². The Morgan fingerprint density at radius 3 is 3.00 bits per heavy atom. The molecule has 0 saturated carbocycles. The van der Waals surface area contributed by atoms with Gasteiger partial charge in [-0.2, -0.15) is 5.26 Å². The molecule has 1 aliphatic rings. The summed E-state index contributed by atoms with van der Waals surface area (Å²) in [4.78, 5) is 35.2. The smallest absolute Gasteiger partial charge is 0.249 e. The van der Waals surface area contributed by atoms with E-state index in [0.717, 1.165) is 11.8 Å². The van der Waals surface area contributed by atoms with E-state index in [4.69, 9.17) is 5.26 Å². The average Bonchev–Trinajstić information content (AvgIpc) is 2.23. The summed E-state index contributed by atoms with van der Waals surface area (Å²) in [5.74, 6) is -0.903. The Morgan fingerprint density at radius 2 is 2.38 bits per heavy atom. The number of piperazine rings is 1. The summed E-state index contributed by atoms with van der Waals surface area (Å²) in [6, 6.07) is 1.27. The number of imide groups is 1. The number of rotatable bonds is 3. The second-order valence-corrected chi connectivity index (χ2v) is 4.25. The minimum Gasteiger partial charge on any atom is -0.321 e. The molecular weight excluding hydrogens is 230 g/mol. The third-order valence-corrected chi connectivity index (χ3v) is 2.92. The fraction of sp³-hybridized carbons (Fsp3) is 0.556. The van der Waals surface area contributed by atoms with Crippen molar-refractivity contribution in [1.82, 2.24) is 10.2 Å². The second-order valence-electron chi connectivity index (χ2n) is 3.26. The van der Waals surface area contributed by atoms with Gasteiger partial charge in [-0.05, 0) is 6.92 Å². The van der Waals surface area contributed by atoms with Gasteiger partial charge in [-0.3, -0.25) is 19.7 Å². The molecule has 0 aromatic heterocycles. The summed E-state index contributed by atoms with van der Waals surface area (Å²) in [6.07, 6.45) is 0. The van der Waals surface area contributed by atoms with Gasteiger partial charge < -0.3 is 4.90 Å². The summed E-state index contributed by atoms with van der Waals surface area (Å²) in [6.45, 7) is 1.47. The zero-order valence-corrected chi connectivity index (χ0v) is 9.54. The van der Waals surface area contributed by atoms with Gasteiger partial charge in [0.05, 0.1) is 17.6 Å². The molecular formula is C9H11N3O3S. The lowest BCUT2D eigenvalue weighted by molar-refractivity contribution is -0.148. The van der Waals surface area contributed by atoms with E-state index in [2.05, 4.69) is 5.32 Å². The first-order chi connectivity index (χ1) is 7.56. The number of nitrogens with one attached hydrogen (secondary N) is 1. The van der Waals surface area contributed by atoms with Gasteiger partial charge in [0.1, 0.15) is 12.6 Å². The zero-order chi connectivity index (χ0) is 12.1. The molecule has 1 saturated heterocycles. The Balaban J connectivity index is 2.57. The van der Waals surface area contributed by atoms with Gasteiger partial charge in [-0.1, -0.05) is 0 Å². The number of nitrogens with zero attached hydrogens (tertiary/aromatic N) is 2. The molecule has 86 valence electrons. The van der Waals surface area contributed by atoms with Crippen LogP contribution in [0.1, 0.15) is 6.92 Å². The monoisotopic (exact) mass is 241 g/mol.